The van der Waals surface area contributed by atoms with Gasteiger partial charge in [0, 0.05) is 0 Å². The zero-order valence-electron chi connectivity index (χ0n) is 9.30. The van der Waals surface area contributed by atoms with Crippen molar-refractivity contribution < 1.29 is 19.1 Å². The Labute approximate surface area is 123 Å². The minimum atomic E-state index is -1.97. The highest BCUT2D eigenvalue weighted by Crippen LogP contribution is 2.48. The Kier molecular flexibility index (Phi) is 4.95. The SMILES string of the molecule is COC(=O)C1C(Cl)=C(Cl)C=C(Cl)C1(Cl)C(=O)OC. The number of ether oxygens (including phenoxy) is 2. The van der Waals surface area contributed by atoms with Gasteiger partial charge in [-0.3, -0.25) is 4.79 Å². The van der Waals surface area contributed by atoms with E-state index in [1.54, 1.807) is 0 Å². The summed E-state index contributed by atoms with van der Waals surface area (Å²) in [7, 11) is 2.24. The van der Waals surface area contributed by atoms with Gasteiger partial charge in [0.1, 0.15) is 5.92 Å². The highest BCUT2D eigenvalue weighted by molar-refractivity contribution is 6.51. The number of allylic oxidation sites excluding steroid dienone is 2. The quantitative estimate of drug-likeness (QED) is 0.576. The monoisotopic (exact) mass is 332 g/mol. The van der Waals surface area contributed by atoms with Crippen molar-refractivity contribution in [3.63, 3.8) is 0 Å². The Morgan fingerprint density at radius 3 is 2.22 bits per heavy atom. The highest BCUT2D eigenvalue weighted by atomic mass is 35.5. The van der Waals surface area contributed by atoms with E-state index >= 15 is 0 Å². The predicted octanol–water partition coefficient (Wildman–Crippen LogP) is 2.75. The molecule has 0 aromatic carbocycles. The summed E-state index contributed by atoms with van der Waals surface area (Å²) in [6.07, 6.45) is 1.19. The van der Waals surface area contributed by atoms with Crippen LogP contribution < -0.4 is 0 Å². The van der Waals surface area contributed by atoms with Crippen LogP contribution in [0.15, 0.2) is 21.2 Å². The smallest absolute Gasteiger partial charge is 0.333 e. The van der Waals surface area contributed by atoms with Gasteiger partial charge in [-0.1, -0.05) is 46.4 Å². The van der Waals surface area contributed by atoms with Crippen LogP contribution in [0.4, 0.5) is 0 Å². The van der Waals surface area contributed by atoms with Crippen LogP contribution in [0.3, 0.4) is 0 Å². The molecule has 8 heteroatoms. The van der Waals surface area contributed by atoms with Gasteiger partial charge >= 0.3 is 11.9 Å². The van der Waals surface area contributed by atoms with E-state index in [2.05, 4.69) is 9.47 Å². The number of hydrogen-bond donors (Lipinski definition) is 0. The average Bonchev–Trinajstić information content (AvgIpc) is 2.35. The van der Waals surface area contributed by atoms with E-state index in [1.165, 1.54) is 6.08 Å². The maximum absolute atomic E-state index is 11.8. The third-order valence-electron chi connectivity index (χ3n) is 2.40. The van der Waals surface area contributed by atoms with Gasteiger partial charge in [-0.15, -0.1) is 0 Å². The van der Waals surface area contributed by atoms with Crippen molar-refractivity contribution in [3.8, 4) is 0 Å². The maximum atomic E-state index is 11.8. The summed E-state index contributed by atoms with van der Waals surface area (Å²) in [5.41, 5.74) is 0. The van der Waals surface area contributed by atoms with E-state index in [9.17, 15) is 9.59 Å². The Hall–Kier alpha value is -0.420. The summed E-state index contributed by atoms with van der Waals surface area (Å²) < 4.78 is 9.10. The highest BCUT2D eigenvalue weighted by Gasteiger charge is 2.56. The fourth-order valence-corrected chi connectivity index (χ4v) is 2.75. The lowest BCUT2D eigenvalue weighted by atomic mass is 9.86. The summed E-state index contributed by atoms with van der Waals surface area (Å²) in [4.78, 5) is 21.5. The molecule has 0 saturated heterocycles. The van der Waals surface area contributed by atoms with Gasteiger partial charge in [0.2, 0.25) is 0 Å². The molecule has 0 aliphatic heterocycles. The van der Waals surface area contributed by atoms with Gasteiger partial charge in [0.05, 0.1) is 29.3 Å². The van der Waals surface area contributed by atoms with E-state index in [-0.39, 0.29) is 15.1 Å². The number of carbonyl (C=O) groups is 2. The molecule has 0 bridgehead atoms. The van der Waals surface area contributed by atoms with Crippen LogP contribution in [0.5, 0.6) is 0 Å². The molecule has 0 saturated carbocycles. The first-order valence-corrected chi connectivity index (χ1v) is 6.09. The van der Waals surface area contributed by atoms with Crippen molar-refractivity contribution in [2.45, 2.75) is 4.87 Å². The Balaban J connectivity index is 3.43. The Morgan fingerprint density at radius 2 is 1.78 bits per heavy atom. The summed E-state index contributed by atoms with van der Waals surface area (Å²) in [5, 5.41) is -0.286. The first-order chi connectivity index (χ1) is 8.30. The molecular formula is C10H8Cl4O4. The first-order valence-electron chi connectivity index (χ1n) is 4.58. The van der Waals surface area contributed by atoms with Crippen LogP contribution in [0.25, 0.3) is 0 Å². The fraction of sp³-hybridized carbons (Fsp3) is 0.400. The number of alkyl halides is 1. The minimum absolute atomic E-state index is 0.0113. The number of methoxy groups -OCH3 is 2. The second kappa shape index (κ2) is 5.70. The predicted molar refractivity (Wildman–Crippen MR) is 68.8 cm³/mol. The number of carbonyl (C=O) groups excluding carboxylic acids is 2. The van der Waals surface area contributed by atoms with Gasteiger partial charge in [-0.25, -0.2) is 4.79 Å². The molecule has 0 fully saturated rings. The topological polar surface area (TPSA) is 52.6 Å². The van der Waals surface area contributed by atoms with Gasteiger partial charge in [-0.05, 0) is 6.08 Å². The van der Waals surface area contributed by atoms with Crippen molar-refractivity contribution in [1.29, 1.82) is 0 Å². The second-order valence-electron chi connectivity index (χ2n) is 3.35. The largest absolute Gasteiger partial charge is 0.468 e. The van der Waals surface area contributed by atoms with Crippen molar-refractivity contribution in [2.24, 2.45) is 5.92 Å². The number of esters is 2. The van der Waals surface area contributed by atoms with Crippen LogP contribution >= 0.6 is 46.4 Å². The molecule has 0 spiro atoms. The van der Waals surface area contributed by atoms with Gasteiger partial charge < -0.3 is 9.47 Å². The molecule has 100 valence electrons. The summed E-state index contributed by atoms with van der Waals surface area (Å²) in [6.45, 7) is 0. The molecule has 2 atom stereocenters. The average molecular weight is 334 g/mol. The van der Waals surface area contributed by atoms with Crippen LogP contribution in [0, 0.1) is 5.92 Å². The Bertz CT molecular complexity index is 457. The molecule has 4 nitrogen and oxygen atoms in total. The van der Waals surface area contributed by atoms with E-state index in [1.807, 2.05) is 0 Å². The van der Waals surface area contributed by atoms with Crippen molar-refractivity contribution >= 4 is 58.3 Å². The van der Waals surface area contributed by atoms with E-state index < -0.39 is 22.7 Å². The van der Waals surface area contributed by atoms with E-state index in [0.29, 0.717) is 0 Å². The lowest BCUT2D eigenvalue weighted by Gasteiger charge is -2.33. The zero-order chi connectivity index (χ0) is 14.1. The summed E-state index contributed by atoms with van der Waals surface area (Å²) >= 11 is 23.7. The van der Waals surface area contributed by atoms with E-state index in [4.69, 9.17) is 46.4 Å². The molecule has 18 heavy (non-hydrogen) atoms. The molecule has 0 aromatic rings. The molecule has 0 aromatic heterocycles. The summed E-state index contributed by atoms with van der Waals surface area (Å²) in [5.74, 6) is -3.13. The molecule has 0 radical (unpaired) electrons. The molecule has 1 rings (SSSR count). The third-order valence-corrected chi connectivity index (χ3v) is 4.31. The van der Waals surface area contributed by atoms with Crippen LogP contribution in [0.1, 0.15) is 0 Å². The number of halogens is 4. The van der Waals surface area contributed by atoms with Gasteiger partial charge in [-0.2, -0.15) is 0 Å². The van der Waals surface area contributed by atoms with Crippen molar-refractivity contribution in [3.05, 3.63) is 21.2 Å². The van der Waals surface area contributed by atoms with Crippen molar-refractivity contribution in [1.82, 2.24) is 0 Å². The number of hydrogen-bond acceptors (Lipinski definition) is 4. The maximum Gasteiger partial charge on any atom is 0.333 e. The third kappa shape index (κ3) is 2.35. The van der Waals surface area contributed by atoms with Gasteiger partial charge in [0.25, 0.3) is 0 Å². The normalized spacial score (nSPS) is 27.7. The standard InChI is InChI=1S/C10H8Cl4O4/c1-17-8(15)6-7(13)4(11)3-5(12)10(6,14)9(16)18-2/h3,6H,1-2H3. The van der Waals surface area contributed by atoms with Crippen LogP contribution in [0.2, 0.25) is 0 Å². The van der Waals surface area contributed by atoms with Crippen molar-refractivity contribution in [2.75, 3.05) is 14.2 Å². The van der Waals surface area contributed by atoms with Gasteiger partial charge in [0.15, 0.2) is 4.87 Å². The molecule has 1 aliphatic rings. The molecule has 1 aliphatic carbocycles. The molecular weight excluding hydrogens is 326 g/mol. The summed E-state index contributed by atoms with van der Waals surface area (Å²) in [6, 6.07) is 0. The second-order valence-corrected chi connectivity index (χ2v) is 5.17. The Morgan fingerprint density at radius 1 is 1.22 bits per heavy atom. The van der Waals surface area contributed by atoms with E-state index in [0.717, 1.165) is 14.2 Å². The molecule has 0 heterocycles. The minimum Gasteiger partial charge on any atom is -0.468 e. The first kappa shape index (κ1) is 15.6. The molecule has 0 N–H and O–H groups in total. The van der Waals surface area contributed by atoms with Crippen LogP contribution in [-0.2, 0) is 19.1 Å². The number of rotatable bonds is 2. The zero-order valence-corrected chi connectivity index (χ0v) is 12.3. The molecule has 0 amide bonds. The van der Waals surface area contributed by atoms with Crippen LogP contribution in [-0.4, -0.2) is 31.0 Å². The molecule has 2 unspecified atom stereocenters. The lowest BCUT2D eigenvalue weighted by Crippen LogP contribution is -2.48. The fourth-order valence-electron chi connectivity index (χ4n) is 1.48. The lowest BCUT2D eigenvalue weighted by molar-refractivity contribution is -0.152.